The van der Waals surface area contributed by atoms with Gasteiger partial charge in [0, 0.05) is 12.2 Å². The van der Waals surface area contributed by atoms with E-state index in [4.69, 9.17) is 9.47 Å². The van der Waals surface area contributed by atoms with Crippen molar-refractivity contribution in [1.82, 2.24) is 20.1 Å². The normalized spacial score (nSPS) is 20.2. The smallest absolute Gasteiger partial charge is 0.322 e. The molecule has 1 aromatic heterocycles. The topological polar surface area (TPSA) is 92.4 Å². The SMILES string of the molecule is O=C(Nc1ccc2c(c1)CCCO2)N1CCOC[C@H]1c1ncn[nH]1. The number of aromatic amines is 1. The lowest BCUT2D eigenvalue weighted by Gasteiger charge is -2.34. The molecule has 1 aromatic carbocycles. The molecule has 4 rings (SSSR count). The van der Waals surface area contributed by atoms with Gasteiger partial charge in [-0.15, -0.1) is 0 Å². The fourth-order valence-electron chi connectivity index (χ4n) is 3.08. The van der Waals surface area contributed by atoms with Crippen LogP contribution in [0.1, 0.15) is 23.9 Å². The Bertz CT molecular complexity index is 719. The first kappa shape index (κ1) is 14.9. The number of rotatable bonds is 2. The number of nitrogens with zero attached hydrogens (tertiary/aromatic N) is 3. The lowest BCUT2D eigenvalue weighted by molar-refractivity contribution is 0.0118. The van der Waals surface area contributed by atoms with Crippen LogP contribution < -0.4 is 10.1 Å². The number of anilines is 1. The number of hydrogen-bond donors (Lipinski definition) is 2. The van der Waals surface area contributed by atoms with Crippen molar-refractivity contribution in [3.63, 3.8) is 0 Å². The molecule has 8 heteroatoms. The van der Waals surface area contributed by atoms with E-state index >= 15 is 0 Å². The standard InChI is InChI=1S/C16H19N5O3/c22-16(19-12-3-4-14-11(8-12)2-1-6-24-14)21-5-7-23-9-13(21)15-17-10-18-20-15/h3-4,8,10,13H,1-2,5-7,9H2,(H,19,22)(H,17,18,20)/t13-/m0/s1. The van der Waals surface area contributed by atoms with Crippen LogP contribution in [0.15, 0.2) is 24.5 Å². The third kappa shape index (κ3) is 2.92. The summed E-state index contributed by atoms with van der Waals surface area (Å²) < 4.78 is 11.1. The van der Waals surface area contributed by atoms with Crippen LogP contribution in [0.3, 0.4) is 0 Å². The minimum absolute atomic E-state index is 0.170. The van der Waals surface area contributed by atoms with E-state index < -0.39 is 0 Å². The van der Waals surface area contributed by atoms with Gasteiger partial charge >= 0.3 is 6.03 Å². The van der Waals surface area contributed by atoms with Gasteiger partial charge in [-0.05, 0) is 36.6 Å². The van der Waals surface area contributed by atoms with Gasteiger partial charge in [-0.1, -0.05) is 0 Å². The third-order valence-electron chi connectivity index (χ3n) is 4.30. The van der Waals surface area contributed by atoms with E-state index in [0.717, 1.165) is 36.4 Å². The summed E-state index contributed by atoms with van der Waals surface area (Å²) in [6, 6.07) is 5.33. The van der Waals surface area contributed by atoms with E-state index in [0.29, 0.717) is 25.6 Å². The van der Waals surface area contributed by atoms with E-state index in [9.17, 15) is 4.79 Å². The predicted molar refractivity (Wildman–Crippen MR) is 85.9 cm³/mol. The van der Waals surface area contributed by atoms with Crippen LogP contribution in [0, 0.1) is 0 Å². The number of carbonyl (C=O) groups excluding carboxylic acids is 1. The van der Waals surface area contributed by atoms with Crippen molar-refractivity contribution in [2.75, 3.05) is 31.7 Å². The maximum Gasteiger partial charge on any atom is 0.322 e. The number of morpholine rings is 1. The number of H-pyrrole nitrogens is 1. The van der Waals surface area contributed by atoms with Crippen molar-refractivity contribution in [3.8, 4) is 5.75 Å². The second kappa shape index (κ2) is 6.48. The Morgan fingerprint density at radius 2 is 2.33 bits per heavy atom. The number of nitrogens with one attached hydrogen (secondary N) is 2. The Labute approximate surface area is 139 Å². The Morgan fingerprint density at radius 1 is 1.38 bits per heavy atom. The molecule has 0 saturated carbocycles. The maximum atomic E-state index is 12.7. The number of amides is 2. The largest absolute Gasteiger partial charge is 0.493 e. The van der Waals surface area contributed by atoms with E-state index in [1.165, 1.54) is 6.33 Å². The number of urea groups is 1. The minimum Gasteiger partial charge on any atom is -0.493 e. The molecule has 2 N–H and O–H groups in total. The number of aromatic nitrogens is 3. The summed E-state index contributed by atoms with van der Waals surface area (Å²) >= 11 is 0. The first-order valence-corrected chi connectivity index (χ1v) is 8.07. The zero-order chi connectivity index (χ0) is 16.4. The summed E-state index contributed by atoms with van der Waals surface area (Å²) in [4.78, 5) is 18.6. The molecule has 3 heterocycles. The van der Waals surface area contributed by atoms with Gasteiger partial charge in [-0.3, -0.25) is 5.10 Å². The fourth-order valence-corrected chi connectivity index (χ4v) is 3.08. The van der Waals surface area contributed by atoms with Gasteiger partial charge in [0.15, 0.2) is 0 Å². The minimum atomic E-state index is -0.262. The molecule has 0 aliphatic carbocycles. The molecular formula is C16H19N5O3. The molecule has 1 saturated heterocycles. The summed E-state index contributed by atoms with van der Waals surface area (Å²) in [7, 11) is 0. The van der Waals surface area contributed by atoms with Gasteiger partial charge in [0.05, 0.1) is 19.8 Å². The van der Waals surface area contributed by atoms with Crippen LogP contribution in [0.25, 0.3) is 0 Å². The molecule has 2 amide bonds. The van der Waals surface area contributed by atoms with Gasteiger partial charge < -0.3 is 19.7 Å². The number of hydrogen-bond acceptors (Lipinski definition) is 5. The van der Waals surface area contributed by atoms with Crippen molar-refractivity contribution in [3.05, 3.63) is 35.9 Å². The molecule has 0 radical (unpaired) electrons. The molecule has 0 bridgehead atoms. The van der Waals surface area contributed by atoms with Crippen LogP contribution in [0.5, 0.6) is 5.75 Å². The molecule has 1 atom stereocenters. The highest BCUT2D eigenvalue weighted by atomic mass is 16.5. The van der Waals surface area contributed by atoms with E-state index in [1.54, 1.807) is 4.90 Å². The van der Waals surface area contributed by atoms with E-state index in [1.807, 2.05) is 18.2 Å². The molecule has 2 aromatic rings. The second-order valence-corrected chi connectivity index (χ2v) is 5.86. The summed E-state index contributed by atoms with van der Waals surface area (Å²) in [5, 5.41) is 9.64. The first-order chi connectivity index (χ1) is 11.8. The molecule has 1 fully saturated rings. The number of aryl methyl sites for hydroxylation is 1. The first-order valence-electron chi connectivity index (χ1n) is 8.07. The molecular weight excluding hydrogens is 310 g/mol. The molecule has 126 valence electrons. The van der Waals surface area contributed by atoms with Crippen molar-refractivity contribution in [1.29, 1.82) is 0 Å². The Morgan fingerprint density at radius 3 is 3.21 bits per heavy atom. The van der Waals surface area contributed by atoms with Crippen LogP contribution in [-0.4, -0.2) is 52.5 Å². The average molecular weight is 329 g/mol. The zero-order valence-corrected chi connectivity index (χ0v) is 13.2. The van der Waals surface area contributed by atoms with Crippen LogP contribution in [0.2, 0.25) is 0 Å². The Kier molecular flexibility index (Phi) is 4.04. The highest BCUT2D eigenvalue weighted by Gasteiger charge is 2.30. The van der Waals surface area contributed by atoms with E-state index in [2.05, 4.69) is 20.5 Å². The highest BCUT2D eigenvalue weighted by Crippen LogP contribution is 2.28. The Balaban J connectivity index is 1.50. The molecule has 8 nitrogen and oxygen atoms in total. The third-order valence-corrected chi connectivity index (χ3v) is 4.30. The number of ether oxygens (including phenoxy) is 2. The molecule has 0 unspecified atom stereocenters. The fraction of sp³-hybridized carbons (Fsp3) is 0.438. The van der Waals surface area contributed by atoms with Gasteiger partial charge in [0.25, 0.3) is 0 Å². The van der Waals surface area contributed by atoms with E-state index in [-0.39, 0.29) is 12.1 Å². The van der Waals surface area contributed by atoms with Crippen LogP contribution in [-0.2, 0) is 11.2 Å². The zero-order valence-electron chi connectivity index (χ0n) is 13.2. The summed E-state index contributed by atoms with van der Waals surface area (Å²) in [6.07, 6.45) is 3.40. The molecule has 2 aliphatic rings. The lowest BCUT2D eigenvalue weighted by atomic mass is 10.1. The van der Waals surface area contributed by atoms with Crippen molar-refractivity contribution in [2.45, 2.75) is 18.9 Å². The number of benzene rings is 1. The second-order valence-electron chi connectivity index (χ2n) is 5.86. The summed E-state index contributed by atoms with van der Waals surface area (Å²) in [6.45, 7) is 2.17. The maximum absolute atomic E-state index is 12.7. The van der Waals surface area contributed by atoms with Gasteiger partial charge in [-0.2, -0.15) is 5.10 Å². The summed E-state index contributed by atoms with van der Waals surface area (Å²) in [5.74, 6) is 1.54. The highest BCUT2D eigenvalue weighted by molar-refractivity contribution is 5.90. The molecule has 0 spiro atoms. The Hall–Kier alpha value is -2.61. The predicted octanol–water partition coefficient (Wildman–Crippen LogP) is 1.74. The molecule has 24 heavy (non-hydrogen) atoms. The quantitative estimate of drug-likeness (QED) is 0.875. The van der Waals surface area contributed by atoms with Gasteiger partial charge in [0.2, 0.25) is 0 Å². The number of carbonyl (C=O) groups is 1. The average Bonchev–Trinajstić information content (AvgIpc) is 3.16. The summed E-state index contributed by atoms with van der Waals surface area (Å²) in [5.41, 5.74) is 1.90. The van der Waals surface area contributed by atoms with Crippen LogP contribution in [0.4, 0.5) is 10.5 Å². The van der Waals surface area contributed by atoms with Crippen molar-refractivity contribution in [2.24, 2.45) is 0 Å². The van der Waals surface area contributed by atoms with Crippen LogP contribution >= 0.6 is 0 Å². The van der Waals surface area contributed by atoms with Crippen molar-refractivity contribution < 1.29 is 14.3 Å². The van der Waals surface area contributed by atoms with Gasteiger partial charge in [-0.25, -0.2) is 9.78 Å². The monoisotopic (exact) mass is 329 g/mol. The van der Waals surface area contributed by atoms with Gasteiger partial charge in [0.1, 0.15) is 23.9 Å². The van der Waals surface area contributed by atoms with Crippen molar-refractivity contribution >= 4 is 11.7 Å². The number of fused-ring (bicyclic) bond motifs is 1. The molecule has 2 aliphatic heterocycles. The lowest BCUT2D eigenvalue weighted by Crippen LogP contribution is -2.45.